The summed E-state index contributed by atoms with van der Waals surface area (Å²) >= 11 is 0. The Morgan fingerprint density at radius 2 is 2.40 bits per heavy atom. The lowest BCUT2D eigenvalue weighted by Crippen LogP contribution is -1.99. The molecule has 0 saturated heterocycles. The molecule has 0 radical (unpaired) electrons. The van der Waals surface area contributed by atoms with Crippen molar-refractivity contribution in [2.24, 2.45) is 5.92 Å². The molecule has 0 bridgehead atoms. The topological polar surface area (TPSA) is 30.7 Å². The summed E-state index contributed by atoms with van der Waals surface area (Å²) in [6, 6.07) is 0.641. The minimum atomic E-state index is 0.641. The van der Waals surface area contributed by atoms with E-state index < -0.39 is 0 Å². The Kier molecular flexibility index (Phi) is 1.07. The van der Waals surface area contributed by atoms with E-state index in [1.165, 1.54) is 12.1 Å². The fraction of sp³-hybridized carbons (Fsp3) is 0.714. The van der Waals surface area contributed by atoms with Gasteiger partial charge in [-0.2, -0.15) is 0 Å². The Morgan fingerprint density at radius 1 is 1.70 bits per heavy atom. The van der Waals surface area contributed by atoms with Gasteiger partial charge in [-0.05, 0) is 19.3 Å². The van der Waals surface area contributed by atoms with E-state index in [1.807, 2.05) is 17.8 Å². The maximum Gasteiger partial charge on any atom is 0.0722 e. The highest BCUT2D eigenvalue weighted by molar-refractivity contribution is 4.98. The van der Waals surface area contributed by atoms with Crippen LogP contribution in [0, 0.1) is 12.8 Å². The molecule has 0 N–H and O–H groups in total. The second-order valence-corrected chi connectivity index (χ2v) is 3.10. The van der Waals surface area contributed by atoms with Gasteiger partial charge >= 0.3 is 0 Å². The molecule has 1 aromatic heterocycles. The molecule has 1 saturated carbocycles. The summed E-state index contributed by atoms with van der Waals surface area (Å²) < 4.78 is 2.02. The lowest BCUT2D eigenvalue weighted by Gasteiger charge is -1.97. The van der Waals surface area contributed by atoms with E-state index >= 15 is 0 Å². The molecule has 10 heavy (non-hydrogen) atoms. The van der Waals surface area contributed by atoms with Crippen molar-refractivity contribution >= 4 is 0 Å². The van der Waals surface area contributed by atoms with E-state index in [4.69, 9.17) is 0 Å². The van der Waals surface area contributed by atoms with Crippen molar-refractivity contribution < 1.29 is 0 Å². The molecule has 0 aliphatic heterocycles. The predicted octanol–water partition coefficient (Wildman–Crippen LogP) is 1.17. The van der Waals surface area contributed by atoms with Crippen molar-refractivity contribution in [3.05, 3.63) is 11.9 Å². The van der Waals surface area contributed by atoms with Crippen molar-refractivity contribution in [1.29, 1.82) is 0 Å². The molecule has 54 valence electrons. The molecule has 0 amide bonds. The molecule has 1 aromatic rings. The first kappa shape index (κ1) is 5.89. The van der Waals surface area contributed by atoms with Gasteiger partial charge in [0.2, 0.25) is 0 Å². The van der Waals surface area contributed by atoms with Crippen LogP contribution in [0.15, 0.2) is 6.20 Å². The lowest BCUT2D eigenvalue weighted by molar-refractivity contribution is 0.566. The summed E-state index contributed by atoms with van der Waals surface area (Å²) in [7, 11) is 0. The lowest BCUT2D eigenvalue weighted by atomic mass is 10.4. The summed E-state index contributed by atoms with van der Waals surface area (Å²) in [6.07, 6.45) is 3.08. The van der Waals surface area contributed by atoms with Gasteiger partial charge in [-0.1, -0.05) is 12.1 Å². The maximum atomic E-state index is 3.99. The molecular formula is C7H11N3. The summed E-state index contributed by atoms with van der Waals surface area (Å²) in [4.78, 5) is 0. The van der Waals surface area contributed by atoms with Crippen LogP contribution in [0.2, 0.25) is 0 Å². The molecule has 2 rings (SSSR count). The van der Waals surface area contributed by atoms with E-state index in [0.29, 0.717) is 6.04 Å². The van der Waals surface area contributed by atoms with Gasteiger partial charge in [-0.25, -0.2) is 4.68 Å². The third kappa shape index (κ3) is 0.735. The number of rotatable bonds is 1. The number of hydrogen-bond donors (Lipinski definition) is 0. The Balaban J connectivity index is 2.26. The van der Waals surface area contributed by atoms with Crippen molar-refractivity contribution in [3.8, 4) is 0 Å². The summed E-state index contributed by atoms with van der Waals surface area (Å²) in [6.45, 7) is 4.29. The molecule has 1 heterocycles. The maximum absolute atomic E-state index is 3.99. The molecule has 2 unspecified atom stereocenters. The Bertz CT molecular complexity index is 241. The number of nitrogens with zero attached hydrogens (tertiary/aromatic N) is 3. The second-order valence-electron chi connectivity index (χ2n) is 3.10. The van der Waals surface area contributed by atoms with E-state index in [0.717, 1.165) is 5.92 Å². The number of hydrogen-bond acceptors (Lipinski definition) is 2. The quantitative estimate of drug-likeness (QED) is 0.581. The van der Waals surface area contributed by atoms with Gasteiger partial charge in [0.15, 0.2) is 0 Å². The van der Waals surface area contributed by atoms with E-state index in [9.17, 15) is 0 Å². The smallest absolute Gasteiger partial charge is 0.0722 e. The van der Waals surface area contributed by atoms with E-state index in [-0.39, 0.29) is 0 Å². The van der Waals surface area contributed by atoms with Gasteiger partial charge in [0.1, 0.15) is 0 Å². The molecule has 1 aliphatic rings. The second kappa shape index (κ2) is 1.81. The predicted molar refractivity (Wildman–Crippen MR) is 37.6 cm³/mol. The fourth-order valence-electron chi connectivity index (χ4n) is 1.27. The van der Waals surface area contributed by atoms with Gasteiger partial charge in [0, 0.05) is 0 Å². The highest BCUT2D eigenvalue weighted by Gasteiger charge is 2.35. The number of aromatic nitrogens is 3. The normalized spacial score (nSPS) is 30.6. The molecule has 2 atom stereocenters. The van der Waals surface area contributed by atoms with Crippen molar-refractivity contribution in [1.82, 2.24) is 15.0 Å². The van der Waals surface area contributed by atoms with E-state index in [1.54, 1.807) is 0 Å². The van der Waals surface area contributed by atoms with Crippen LogP contribution in [-0.2, 0) is 0 Å². The standard InChI is InChI=1S/C7H11N3/c1-5-3-7(5)10-6(2)4-8-9-10/h4-5,7H,3H2,1-2H3. The first-order valence-corrected chi connectivity index (χ1v) is 3.66. The van der Waals surface area contributed by atoms with Crippen molar-refractivity contribution in [2.45, 2.75) is 26.3 Å². The van der Waals surface area contributed by atoms with Crippen molar-refractivity contribution in [3.63, 3.8) is 0 Å². The van der Waals surface area contributed by atoms with Gasteiger partial charge in [-0.15, -0.1) is 5.10 Å². The average molecular weight is 137 g/mol. The third-order valence-electron chi connectivity index (χ3n) is 2.14. The zero-order chi connectivity index (χ0) is 7.14. The summed E-state index contributed by atoms with van der Waals surface area (Å²) in [5.41, 5.74) is 1.18. The van der Waals surface area contributed by atoms with Crippen LogP contribution >= 0.6 is 0 Å². The molecule has 3 heteroatoms. The highest BCUT2D eigenvalue weighted by atomic mass is 15.4. The minimum Gasteiger partial charge on any atom is -0.246 e. The zero-order valence-corrected chi connectivity index (χ0v) is 6.28. The van der Waals surface area contributed by atoms with Crippen LogP contribution in [0.3, 0.4) is 0 Å². The molecule has 1 aliphatic carbocycles. The number of aryl methyl sites for hydroxylation is 1. The van der Waals surface area contributed by atoms with Crippen molar-refractivity contribution in [2.75, 3.05) is 0 Å². The Hall–Kier alpha value is -0.860. The van der Waals surface area contributed by atoms with Crippen LogP contribution in [-0.4, -0.2) is 15.0 Å². The first-order chi connectivity index (χ1) is 4.79. The van der Waals surface area contributed by atoms with Crippen LogP contribution in [0.5, 0.6) is 0 Å². The minimum absolute atomic E-state index is 0.641. The van der Waals surface area contributed by atoms with Crippen LogP contribution < -0.4 is 0 Å². The monoisotopic (exact) mass is 137 g/mol. The molecular weight excluding hydrogens is 126 g/mol. The zero-order valence-electron chi connectivity index (χ0n) is 6.28. The SMILES string of the molecule is Cc1cnnn1C1CC1C. The molecule has 1 fully saturated rings. The summed E-state index contributed by atoms with van der Waals surface area (Å²) in [5, 5.41) is 7.83. The van der Waals surface area contributed by atoms with Gasteiger partial charge in [-0.3, -0.25) is 0 Å². The highest BCUT2D eigenvalue weighted by Crippen LogP contribution is 2.42. The molecule has 0 spiro atoms. The van der Waals surface area contributed by atoms with Gasteiger partial charge in [0.05, 0.1) is 17.9 Å². The average Bonchev–Trinajstić information content (AvgIpc) is 2.42. The fourth-order valence-corrected chi connectivity index (χ4v) is 1.27. The van der Waals surface area contributed by atoms with Crippen LogP contribution in [0.4, 0.5) is 0 Å². The third-order valence-corrected chi connectivity index (χ3v) is 2.14. The summed E-state index contributed by atoms with van der Waals surface area (Å²) in [5.74, 6) is 0.806. The largest absolute Gasteiger partial charge is 0.246 e. The first-order valence-electron chi connectivity index (χ1n) is 3.66. The van der Waals surface area contributed by atoms with E-state index in [2.05, 4.69) is 17.2 Å². The molecule has 3 nitrogen and oxygen atoms in total. The van der Waals surface area contributed by atoms with Gasteiger partial charge < -0.3 is 0 Å². The van der Waals surface area contributed by atoms with Crippen LogP contribution in [0.25, 0.3) is 0 Å². The van der Waals surface area contributed by atoms with Crippen LogP contribution in [0.1, 0.15) is 25.1 Å². The Labute approximate surface area is 60.0 Å². The van der Waals surface area contributed by atoms with Gasteiger partial charge in [0.25, 0.3) is 0 Å². The molecule has 0 aromatic carbocycles. The Morgan fingerprint density at radius 3 is 2.80 bits per heavy atom.